The van der Waals surface area contributed by atoms with Gasteiger partial charge >= 0.3 is 6.18 Å². The molecule has 0 aliphatic heterocycles. The summed E-state index contributed by atoms with van der Waals surface area (Å²) in [5.74, 6) is 0.512. The second-order valence-electron chi connectivity index (χ2n) is 4.70. The highest BCUT2D eigenvalue weighted by Crippen LogP contribution is 2.37. The number of rotatable bonds is 5. The molecule has 2 N–H and O–H groups in total. The van der Waals surface area contributed by atoms with E-state index in [9.17, 15) is 13.2 Å². The van der Waals surface area contributed by atoms with Crippen LogP contribution in [-0.2, 0) is 12.6 Å². The average Bonchev–Trinajstić information content (AvgIpc) is 2.48. The summed E-state index contributed by atoms with van der Waals surface area (Å²) < 4.78 is 49.0. The quantitative estimate of drug-likeness (QED) is 0.851. The Bertz CT molecular complexity index is 624. The molecule has 3 nitrogen and oxygen atoms in total. The Balaban J connectivity index is 2.02. The van der Waals surface area contributed by atoms with E-state index in [1.807, 2.05) is 12.1 Å². The summed E-state index contributed by atoms with van der Waals surface area (Å²) >= 11 is 0. The third kappa shape index (κ3) is 4.07. The maximum absolute atomic E-state index is 12.9. The second-order valence-corrected chi connectivity index (χ2v) is 4.70. The predicted octanol–water partition coefficient (Wildman–Crippen LogP) is 3.92. The Morgan fingerprint density at radius 1 is 1.05 bits per heavy atom. The summed E-state index contributed by atoms with van der Waals surface area (Å²) in [7, 11) is 1.57. The van der Waals surface area contributed by atoms with Gasteiger partial charge in [-0.15, -0.1) is 0 Å². The molecule has 0 unspecified atom stereocenters. The van der Waals surface area contributed by atoms with Gasteiger partial charge in [-0.3, -0.25) is 0 Å². The topological polar surface area (TPSA) is 44.5 Å². The van der Waals surface area contributed by atoms with Gasteiger partial charge in [0.2, 0.25) is 0 Å². The van der Waals surface area contributed by atoms with Crippen molar-refractivity contribution in [2.24, 2.45) is 0 Å². The van der Waals surface area contributed by atoms with Gasteiger partial charge in [-0.05, 0) is 35.9 Å². The summed E-state index contributed by atoms with van der Waals surface area (Å²) in [6.07, 6.45) is -4.00. The van der Waals surface area contributed by atoms with Gasteiger partial charge in [-0.25, -0.2) is 0 Å². The molecule has 0 spiro atoms. The van der Waals surface area contributed by atoms with E-state index in [4.69, 9.17) is 15.2 Å². The first-order valence-corrected chi connectivity index (χ1v) is 6.62. The van der Waals surface area contributed by atoms with E-state index in [1.54, 1.807) is 19.2 Å². The number of hydrogen-bond donors (Lipinski definition) is 1. The van der Waals surface area contributed by atoms with Crippen molar-refractivity contribution >= 4 is 5.69 Å². The van der Waals surface area contributed by atoms with Gasteiger partial charge in [0.15, 0.2) is 0 Å². The van der Waals surface area contributed by atoms with Crippen LogP contribution in [0.2, 0.25) is 0 Å². The molecule has 0 radical (unpaired) electrons. The average molecular weight is 311 g/mol. The molecule has 0 saturated heterocycles. The summed E-state index contributed by atoms with van der Waals surface area (Å²) in [5.41, 5.74) is 5.54. The van der Waals surface area contributed by atoms with Crippen LogP contribution in [0, 0.1) is 0 Å². The highest BCUT2D eigenvalue weighted by molar-refractivity contribution is 5.49. The molecule has 2 aromatic rings. The molecular formula is C16H16F3NO2. The second kappa shape index (κ2) is 6.60. The number of anilines is 1. The first-order valence-electron chi connectivity index (χ1n) is 6.62. The smallest absolute Gasteiger partial charge is 0.420 e. The number of ether oxygens (including phenoxy) is 2. The number of benzene rings is 2. The van der Waals surface area contributed by atoms with Crippen molar-refractivity contribution in [2.75, 3.05) is 19.5 Å². The maximum atomic E-state index is 12.9. The van der Waals surface area contributed by atoms with E-state index in [0.717, 1.165) is 17.4 Å². The fraction of sp³-hybridized carbons (Fsp3) is 0.250. The molecule has 0 bridgehead atoms. The monoisotopic (exact) mass is 311 g/mol. The number of methoxy groups -OCH3 is 1. The lowest BCUT2D eigenvalue weighted by molar-refractivity contribution is -0.138. The number of halogens is 3. The molecule has 2 rings (SSSR count). The summed E-state index contributed by atoms with van der Waals surface area (Å²) in [6.45, 7) is 0.138. The lowest BCUT2D eigenvalue weighted by atomic mass is 10.1. The Labute approximate surface area is 126 Å². The van der Waals surface area contributed by atoms with Crippen LogP contribution in [0.3, 0.4) is 0 Å². The van der Waals surface area contributed by atoms with Crippen molar-refractivity contribution < 1.29 is 22.6 Å². The number of nitrogens with two attached hydrogens (primary N) is 1. The molecule has 2 aromatic carbocycles. The van der Waals surface area contributed by atoms with E-state index in [-0.39, 0.29) is 18.0 Å². The maximum Gasteiger partial charge on any atom is 0.420 e. The molecule has 0 aliphatic rings. The predicted molar refractivity (Wildman–Crippen MR) is 78.0 cm³/mol. The van der Waals surface area contributed by atoms with E-state index in [1.165, 1.54) is 12.1 Å². The van der Waals surface area contributed by atoms with Gasteiger partial charge in [0.05, 0.1) is 19.3 Å². The third-order valence-electron chi connectivity index (χ3n) is 3.12. The van der Waals surface area contributed by atoms with Crippen molar-refractivity contribution in [1.82, 2.24) is 0 Å². The minimum atomic E-state index is -4.50. The van der Waals surface area contributed by atoms with E-state index in [2.05, 4.69) is 0 Å². The van der Waals surface area contributed by atoms with Crippen LogP contribution in [-0.4, -0.2) is 13.7 Å². The summed E-state index contributed by atoms with van der Waals surface area (Å²) in [6, 6.07) is 10.8. The van der Waals surface area contributed by atoms with Gasteiger partial charge in [0, 0.05) is 12.1 Å². The van der Waals surface area contributed by atoms with Crippen molar-refractivity contribution in [2.45, 2.75) is 12.6 Å². The van der Waals surface area contributed by atoms with Crippen molar-refractivity contribution in [1.29, 1.82) is 0 Å². The molecule has 0 heterocycles. The lowest BCUT2D eigenvalue weighted by Crippen LogP contribution is -2.11. The number of alkyl halides is 3. The minimum absolute atomic E-state index is 0.0508. The zero-order valence-electron chi connectivity index (χ0n) is 12.0. The van der Waals surface area contributed by atoms with Gasteiger partial charge in [-0.1, -0.05) is 12.1 Å². The van der Waals surface area contributed by atoms with Crippen LogP contribution in [0.5, 0.6) is 11.5 Å². The standard InChI is InChI=1S/C16H16F3NO2/c1-21-13-5-2-11(3-6-13)8-9-22-15-7-4-12(20)10-14(15)16(17,18)19/h2-7,10H,8-9,20H2,1H3. The fourth-order valence-corrected chi connectivity index (χ4v) is 1.97. The van der Waals surface area contributed by atoms with Crippen LogP contribution in [0.15, 0.2) is 42.5 Å². The first kappa shape index (κ1) is 16.0. The lowest BCUT2D eigenvalue weighted by Gasteiger charge is -2.14. The van der Waals surface area contributed by atoms with Crippen LogP contribution in [0.4, 0.5) is 18.9 Å². The van der Waals surface area contributed by atoms with Crippen LogP contribution >= 0.6 is 0 Å². The number of nitrogen functional groups attached to an aromatic ring is 1. The Morgan fingerprint density at radius 3 is 2.32 bits per heavy atom. The molecule has 6 heteroatoms. The van der Waals surface area contributed by atoms with Crippen molar-refractivity contribution in [3.05, 3.63) is 53.6 Å². The highest BCUT2D eigenvalue weighted by atomic mass is 19.4. The molecule has 0 amide bonds. The summed E-state index contributed by atoms with van der Waals surface area (Å²) in [4.78, 5) is 0. The SMILES string of the molecule is COc1ccc(CCOc2ccc(N)cc2C(F)(F)F)cc1. The molecule has 0 atom stereocenters. The molecule has 0 fully saturated rings. The van der Waals surface area contributed by atoms with Gasteiger partial charge in [0.25, 0.3) is 0 Å². The van der Waals surface area contributed by atoms with Gasteiger partial charge < -0.3 is 15.2 Å². The first-order chi connectivity index (χ1) is 10.4. The zero-order chi connectivity index (χ0) is 16.2. The van der Waals surface area contributed by atoms with Crippen molar-refractivity contribution in [3.63, 3.8) is 0 Å². The minimum Gasteiger partial charge on any atom is -0.497 e. The number of hydrogen-bond acceptors (Lipinski definition) is 3. The Kier molecular flexibility index (Phi) is 4.80. The molecule has 118 valence electrons. The zero-order valence-corrected chi connectivity index (χ0v) is 12.0. The van der Waals surface area contributed by atoms with Gasteiger partial charge in [-0.2, -0.15) is 13.2 Å². The van der Waals surface area contributed by atoms with E-state index in [0.29, 0.717) is 6.42 Å². The van der Waals surface area contributed by atoms with Crippen LogP contribution in [0.25, 0.3) is 0 Å². The van der Waals surface area contributed by atoms with Gasteiger partial charge in [0.1, 0.15) is 11.5 Å². The summed E-state index contributed by atoms with van der Waals surface area (Å²) in [5, 5.41) is 0. The molecule has 0 aliphatic carbocycles. The van der Waals surface area contributed by atoms with Crippen molar-refractivity contribution in [3.8, 4) is 11.5 Å². The largest absolute Gasteiger partial charge is 0.497 e. The molecule has 0 aromatic heterocycles. The molecular weight excluding hydrogens is 295 g/mol. The van der Waals surface area contributed by atoms with Crippen LogP contribution < -0.4 is 15.2 Å². The molecule has 0 saturated carbocycles. The Morgan fingerprint density at radius 2 is 1.73 bits per heavy atom. The normalized spacial score (nSPS) is 11.3. The van der Waals surface area contributed by atoms with Crippen LogP contribution in [0.1, 0.15) is 11.1 Å². The fourth-order valence-electron chi connectivity index (χ4n) is 1.97. The Hall–Kier alpha value is -2.37. The van der Waals surface area contributed by atoms with E-state index < -0.39 is 11.7 Å². The van der Waals surface area contributed by atoms with E-state index >= 15 is 0 Å². The molecule has 22 heavy (non-hydrogen) atoms. The third-order valence-corrected chi connectivity index (χ3v) is 3.12. The highest BCUT2D eigenvalue weighted by Gasteiger charge is 2.34.